The molecule has 1 aromatic heterocycles. The predicted molar refractivity (Wildman–Crippen MR) is 66.2 cm³/mol. The summed E-state index contributed by atoms with van der Waals surface area (Å²) in [6, 6.07) is 3.99. The summed E-state index contributed by atoms with van der Waals surface area (Å²) in [5, 5.41) is 8.87. The van der Waals surface area contributed by atoms with Crippen LogP contribution in [0, 0.1) is 11.8 Å². The number of hydrogen-bond donors (Lipinski definition) is 1. The third-order valence-corrected chi connectivity index (χ3v) is 4.71. The second-order valence-corrected chi connectivity index (χ2v) is 6.17. The molecule has 1 heterocycles. The summed E-state index contributed by atoms with van der Waals surface area (Å²) in [6.07, 6.45) is 2.90. The maximum Gasteiger partial charge on any atom is 0.306 e. The Morgan fingerprint density at radius 2 is 2.44 bits per heavy atom. The molecule has 0 amide bonds. The molecule has 16 heavy (non-hydrogen) atoms. The maximum atomic E-state index is 10.8. The van der Waals surface area contributed by atoms with Gasteiger partial charge in [-0.2, -0.15) is 0 Å². The number of carboxylic acids is 1. The average molecular weight is 259 g/mol. The second-order valence-electron chi connectivity index (χ2n) is 4.42. The molecule has 1 N–H and O–H groups in total. The highest BCUT2D eigenvalue weighted by atomic mass is 35.5. The number of rotatable bonds is 5. The minimum absolute atomic E-state index is 0.0931. The molecule has 4 heteroatoms. The van der Waals surface area contributed by atoms with Gasteiger partial charge in [-0.3, -0.25) is 4.79 Å². The highest BCUT2D eigenvalue weighted by Gasteiger charge is 2.43. The average Bonchev–Trinajstić information content (AvgIpc) is 2.90. The minimum atomic E-state index is -0.635. The van der Waals surface area contributed by atoms with E-state index in [2.05, 4.69) is 13.0 Å². The van der Waals surface area contributed by atoms with Gasteiger partial charge in [0.05, 0.1) is 10.3 Å². The number of hydrogen-bond acceptors (Lipinski definition) is 2. The van der Waals surface area contributed by atoms with Crippen molar-refractivity contribution < 1.29 is 9.90 Å². The fourth-order valence-corrected chi connectivity index (χ4v) is 3.46. The van der Waals surface area contributed by atoms with Crippen molar-refractivity contribution in [1.82, 2.24) is 0 Å². The molecule has 2 rings (SSSR count). The van der Waals surface area contributed by atoms with Gasteiger partial charge in [-0.1, -0.05) is 18.5 Å². The Labute approximate surface area is 104 Å². The zero-order valence-corrected chi connectivity index (χ0v) is 10.7. The van der Waals surface area contributed by atoms with E-state index >= 15 is 0 Å². The fraction of sp³-hybridized carbons (Fsp3) is 0.583. The second kappa shape index (κ2) is 4.76. The van der Waals surface area contributed by atoms with Gasteiger partial charge >= 0.3 is 5.97 Å². The Hall–Kier alpha value is -0.540. The Morgan fingerprint density at radius 1 is 1.69 bits per heavy atom. The molecule has 2 nitrogen and oxygen atoms in total. The molecule has 3 atom stereocenters. The molecule has 1 fully saturated rings. The highest BCUT2D eigenvalue weighted by Crippen LogP contribution is 2.47. The molecule has 3 unspecified atom stereocenters. The Morgan fingerprint density at radius 3 is 2.88 bits per heavy atom. The maximum absolute atomic E-state index is 10.8. The SMILES string of the molecule is CCC(CC1CC1C(=O)O)c1ccc(Cl)s1. The van der Waals surface area contributed by atoms with E-state index in [1.807, 2.05) is 6.07 Å². The van der Waals surface area contributed by atoms with E-state index in [0.717, 1.165) is 23.6 Å². The lowest BCUT2D eigenvalue weighted by Crippen LogP contribution is -2.02. The molecule has 0 bridgehead atoms. The Bertz CT molecular complexity index is 388. The number of carboxylic acid groups (broad SMARTS) is 1. The van der Waals surface area contributed by atoms with Crippen LogP contribution in [-0.2, 0) is 4.79 Å². The summed E-state index contributed by atoms with van der Waals surface area (Å²) < 4.78 is 0.819. The van der Waals surface area contributed by atoms with Crippen LogP contribution in [0.25, 0.3) is 0 Å². The van der Waals surface area contributed by atoms with E-state index in [-0.39, 0.29) is 5.92 Å². The summed E-state index contributed by atoms with van der Waals surface area (Å²) in [5.41, 5.74) is 0. The summed E-state index contributed by atoms with van der Waals surface area (Å²) in [5.74, 6) is 0.128. The monoisotopic (exact) mass is 258 g/mol. The van der Waals surface area contributed by atoms with Crippen molar-refractivity contribution in [1.29, 1.82) is 0 Å². The van der Waals surface area contributed by atoms with Gasteiger partial charge in [-0.15, -0.1) is 11.3 Å². The molecular weight excluding hydrogens is 244 g/mol. The number of halogens is 1. The summed E-state index contributed by atoms with van der Waals surface area (Å²) >= 11 is 7.53. The standard InChI is InChI=1S/C12H15ClO2S/c1-2-7(10-3-4-11(13)16-10)5-8-6-9(8)12(14)15/h3-4,7-9H,2,5-6H2,1H3,(H,14,15). The quantitative estimate of drug-likeness (QED) is 0.867. The van der Waals surface area contributed by atoms with Crippen molar-refractivity contribution in [2.45, 2.75) is 32.1 Å². The molecule has 0 aliphatic heterocycles. The molecule has 0 aromatic carbocycles. The molecule has 1 aliphatic rings. The van der Waals surface area contributed by atoms with Gasteiger partial charge < -0.3 is 5.11 Å². The molecule has 1 aliphatic carbocycles. The first-order valence-electron chi connectivity index (χ1n) is 5.59. The lowest BCUT2D eigenvalue weighted by atomic mass is 9.97. The van der Waals surface area contributed by atoms with Crippen molar-refractivity contribution >= 4 is 28.9 Å². The zero-order chi connectivity index (χ0) is 11.7. The van der Waals surface area contributed by atoms with Crippen LogP contribution in [0.3, 0.4) is 0 Å². The van der Waals surface area contributed by atoms with Crippen LogP contribution < -0.4 is 0 Å². The van der Waals surface area contributed by atoms with Crippen molar-refractivity contribution in [2.24, 2.45) is 11.8 Å². The van der Waals surface area contributed by atoms with Gasteiger partial charge in [0.1, 0.15) is 0 Å². The molecule has 88 valence electrons. The van der Waals surface area contributed by atoms with Crippen LogP contribution in [0.1, 0.15) is 37.0 Å². The van der Waals surface area contributed by atoms with Crippen LogP contribution in [0.5, 0.6) is 0 Å². The van der Waals surface area contributed by atoms with Crippen LogP contribution >= 0.6 is 22.9 Å². The molecule has 1 aromatic rings. The van der Waals surface area contributed by atoms with E-state index in [1.54, 1.807) is 11.3 Å². The van der Waals surface area contributed by atoms with E-state index in [1.165, 1.54) is 4.88 Å². The van der Waals surface area contributed by atoms with Gasteiger partial charge in [-0.25, -0.2) is 0 Å². The zero-order valence-electron chi connectivity index (χ0n) is 9.15. The van der Waals surface area contributed by atoms with Gasteiger partial charge in [0.15, 0.2) is 0 Å². The molecule has 1 saturated carbocycles. The third-order valence-electron chi connectivity index (χ3n) is 3.32. The van der Waals surface area contributed by atoms with Crippen molar-refractivity contribution in [3.05, 3.63) is 21.3 Å². The van der Waals surface area contributed by atoms with Crippen molar-refractivity contribution in [2.75, 3.05) is 0 Å². The Kier molecular flexibility index (Phi) is 3.55. The van der Waals surface area contributed by atoms with Gasteiger partial charge in [-0.05, 0) is 43.2 Å². The Balaban J connectivity index is 1.95. The predicted octanol–water partition coefficient (Wildman–Crippen LogP) is 4.01. The highest BCUT2D eigenvalue weighted by molar-refractivity contribution is 7.16. The number of thiophene rings is 1. The topological polar surface area (TPSA) is 37.3 Å². The van der Waals surface area contributed by atoms with Crippen LogP contribution in [0.4, 0.5) is 0 Å². The van der Waals surface area contributed by atoms with E-state index in [4.69, 9.17) is 16.7 Å². The smallest absolute Gasteiger partial charge is 0.306 e. The molecule has 0 saturated heterocycles. The van der Waals surface area contributed by atoms with Crippen molar-refractivity contribution in [3.8, 4) is 0 Å². The van der Waals surface area contributed by atoms with E-state index in [9.17, 15) is 4.79 Å². The summed E-state index contributed by atoms with van der Waals surface area (Å²) in [4.78, 5) is 12.1. The third kappa shape index (κ3) is 2.58. The van der Waals surface area contributed by atoms with Crippen LogP contribution in [-0.4, -0.2) is 11.1 Å². The fourth-order valence-electron chi connectivity index (χ4n) is 2.21. The van der Waals surface area contributed by atoms with E-state index < -0.39 is 5.97 Å². The summed E-state index contributed by atoms with van der Waals surface area (Å²) in [6.45, 7) is 2.15. The van der Waals surface area contributed by atoms with Crippen LogP contribution in [0.15, 0.2) is 12.1 Å². The van der Waals surface area contributed by atoms with Crippen LogP contribution in [0.2, 0.25) is 4.34 Å². The van der Waals surface area contributed by atoms with Gasteiger partial charge in [0.2, 0.25) is 0 Å². The molecule has 0 spiro atoms. The first-order valence-corrected chi connectivity index (χ1v) is 6.79. The number of aliphatic carboxylic acids is 1. The van der Waals surface area contributed by atoms with Crippen molar-refractivity contribution in [3.63, 3.8) is 0 Å². The molecule has 0 radical (unpaired) electrons. The minimum Gasteiger partial charge on any atom is -0.481 e. The lowest BCUT2D eigenvalue weighted by molar-refractivity contribution is -0.138. The van der Waals surface area contributed by atoms with Gasteiger partial charge in [0, 0.05) is 4.88 Å². The summed E-state index contributed by atoms with van der Waals surface area (Å²) in [7, 11) is 0. The first kappa shape index (κ1) is 11.9. The number of carbonyl (C=O) groups is 1. The first-order chi connectivity index (χ1) is 7.61. The van der Waals surface area contributed by atoms with Gasteiger partial charge in [0.25, 0.3) is 0 Å². The normalized spacial score (nSPS) is 25.4. The molecular formula is C12H15ClO2S. The largest absolute Gasteiger partial charge is 0.481 e. The lowest BCUT2D eigenvalue weighted by Gasteiger charge is -2.12. The van der Waals surface area contributed by atoms with E-state index in [0.29, 0.717) is 11.8 Å².